The number of oxazole rings is 1. The van der Waals surface area contributed by atoms with E-state index in [1.54, 1.807) is 27.6 Å². The highest BCUT2D eigenvalue weighted by atomic mass is 79.9. The van der Waals surface area contributed by atoms with Crippen LogP contribution in [0.3, 0.4) is 0 Å². The molecule has 2 N–H and O–H groups in total. The summed E-state index contributed by atoms with van der Waals surface area (Å²) in [4.78, 5) is 35.4. The first-order chi connectivity index (χ1) is 45.1. The van der Waals surface area contributed by atoms with Crippen LogP contribution in [0, 0.1) is 11.8 Å². The normalized spacial score (nSPS) is 30.5. The highest BCUT2D eigenvalue weighted by Crippen LogP contribution is 2.45. The number of aliphatic hydroxyl groups is 1. The van der Waals surface area contributed by atoms with E-state index in [9.17, 15) is 14.7 Å². The Labute approximate surface area is 577 Å². The first-order valence-corrected chi connectivity index (χ1v) is 39.9. The van der Waals surface area contributed by atoms with Crippen LogP contribution in [0.15, 0.2) is 148 Å². The molecule has 8 rings (SSSR count). The lowest BCUT2D eigenvalue weighted by atomic mass is 9.79. The zero-order chi connectivity index (χ0) is 68.9. The van der Waals surface area contributed by atoms with E-state index in [1.807, 2.05) is 75.2 Å². The number of methoxy groups -OCH3 is 3. The molecule has 19 heteroatoms. The first-order valence-electron chi connectivity index (χ1n) is 34.2. The third-order valence-corrected chi connectivity index (χ3v) is 30.2. The van der Waals surface area contributed by atoms with Gasteiger partial charge >= 0.3 is 5.97 Å². The lowest BCUT2D eigenvalue weighted by Gasteiger charge is -2.47. The van der Waals surface area contributed by atoms with E-state index in [0.29, 0.717) is 69.4 Å². The molecule has 2 aromatic carbocycles. The Hall–Kier alpha value is -4.72. The van der Waals surface area contributed by atoms with Crippen LogP contribution in [-0.2, 0) is 56.3 Å². The Morgan fingerprint density at radius 2 is 1.54 bits per heavy atom. The minimum atomic E-state index is -2.97. The van der Waals surface area contributed by atoms with Gasteiger partial charge in [-0.25, -0.2) is 9.78 Å². The summed E-state index contributed by atoms with van der Waals surface area (Å²) < 4.78 is 73.6. The minimum Gasteiger partial charge on any atom is -0.458 e. The Morgan fingerprint density at radius 3 is 2.17 bits per heavy atom. The van der Waals surface area contributed by atoms with Crippen molar-refractivity contribution in [3.05, 3.63) is 155 Å². The molecule has 1 unspecified atom stereocenters. The number of fused-ring (bicyclic) bond motifs is 9. The molecule has 4 saturated heterocycles. The maximum atomic E-state index is 14.5. The van der Waals surface area contributed by atoms with Gasteiger partial charge in [-0.1, -0.05) is 192 Å². The fraction of sp³-hybridized carbons (Fsp3) is 0.592. The van der Waals surface area contributed by atoms with Gasteiger partial charge in [0.15, 0.2) is 14.1 Å². The number of carbonyl (C=O) groups is 2. The number of aromatic nitrogens is 1. The molecule has 3 aromatic rings. The molecule has 5 aliphatic rings. The number of amides is 1. The van der Waals surface area contributed by atoms with E-state index < -0.39 is 83.6 Å². The van der Waals surface area contributed by atoms with Crippen LogP contribution in [0.4, 0.5) is 0 Å². The van der Waals surface area contributed by atoms with Gasteiger partial charge in [-0.15, -0.1) is 0 Å². The number of allylic oxidation sites excluding steroid dienone is 2. The number of halogens is 1. The number of esters is 1. The highest BCUT2D eigenvalue weighted by molar-refractivity contribution is 9.11. The van der Waals surface area contributed by atoms with Crippen molar-refractivity contribution in [1.29, 1.82) is 0 Å². The Morgan fingerprint density at radius 1 is 0.853 bits per heavy atom. The molecule has 1 aromatic heterocycles. The Kier molecular flexibility index (Phi) is 27.1. The van der Waals surface area contributed by atoms with E-state index in [1.165, 1.54) is 16.4 Å². The number of hydrogen-bond acceptors (Lipinski definition) is 15. The number of aliphatic hydroxyl groups excluding tert-OH is 1. The number of nitrogens with one attached hydrogen (secondary N) is 1. The van der Waals surface area contributed by atoms with E-state index in [-0.39, 0.29) is 71.4 Å². The average Bonchev–Trinajstić information content (AvgIpc) is 0.774. The van der Waals surface area contributed by atoms with Gasteiger partial charge in [0.05, 0.1) is 80.1 Å². The molecular weight excluding hydrogens is 1300 g/mol. The zero-order valence-corrected chi connectivity index (χ0v) is 62.6. The maximum Gasteiger partial charge on any atom is 0.330 e. The van der Waals surface area contributed by atoms with Gasteiger partial charge < -0.3 is 61.6 Å². The van der Waals surface area contributed by atoms with E-state index in [2.05, 4.69) is 149 Å². The summed E-state index contributed by atoms with van der Waals surface area (Å²) in [6.07, 6.45) is 20.1. The second-order valence-corrected chi connectivity index (χ2v) is 39.0. The van der Waals surface area contributed by atoms with Crippen LogP contribution < -0.4 is 15.7 Å². The van der Waals surface area contributed by atoms with Gasteiger partial charge in [-0.05, 0) is 103 Å². The van der Waals surface area contributed by atoms with Gasteiger partial charge in [0, 0.05) is 64.9 Å². The molecule has 4 fully saturated rings. The lowest BCUT2D eigenvalue weighted by Crippen LogP contribution is -2.68. The molecule has 16 atom stereocenters. The number of ether oxygens (including phenoxy) is 8. The third-order valence-electron chi connectivity index (χ3n) is 20.2. The highest BCUT2D eigenvalue weighted by Gasteiger charge is 2.54. The predicted molar refractivity (Wildman–Crippen MR) is 382 cm³/mol. The van der Waals surface area contributed by atoms with Gasteiger partial charge in [0.25, 0.3) is 8.32 Å². The van der Waals surface area contributed by atoms with Crippen molar-refractivity contribution in [2.75, 3.05) is 27.9 Å². The third kappa shape index (κ3) is 19.8. The lowest BCUT2D eigenvalue weighted by molar-refractivity contribution is -0.295. The summed E-state index contributed by atoms with van der Waals surface area (Å²) in [7, 11) is -0.466. The van der Waals surface area contributed by atoms with E-state index in [4.69, 9.17) is 56.1 Å². The molecule has 95 heavy (non-hydrogen) atoms. The second-order valence-electron chi connectivity index (χ2n) is 29.5. The molecule has 8 bridgehead atoms. The molecule has 1 amide bonds. The van der Waals surface area contributed by atoms with Crippen LogP contribution in [0.2, 0.25) is 23.2 Å². The second kappa shape index (κ2) is 33.9. The molecule has 522 valence electrons. The largest absolute Gasteiger partial charge is 0.458 e. The Bertz CT molecular complexity index is 3130. The van der Waals surface area contributed by atoms with Crippen LogP contribution >= 0.6 is 15.9 Å². The molecule has 0 spiro atoms. The van der Waals surface area contributed by atoms with Gasteiger partial charge in [-0.2, -0.15) is 0 Å². The van der Waals surface area contributed by atoms with Crippen LogP contribution in [0.25, 0.3) is 6.08 Å². The van der Waals surface area contributed by atoms with Crippen molar-refractivity contribution < 1.29 is 65.9 Å². The number of rotatable bonds is 21. The fourth-order valence-corrected chi connectivity index (χ4v) is 20.4. The monoisotopic (exact) mass is 1410 g/mol. The van der Waals surface area contributed by atoms with Crippen molar-refractivity contribution in [3.63, 3.8) is 0 Å². The van der Waals surface area contributed by atoms with Crippen molar-refractivity contribution in [1.82, 2.24) is 10.3 Å². The number of nitrogens with zero attached hydrogens (tertiary/aromatic N) is 1. The van der Waals surface area contributed by atoms with Crippen LogP contribution in [-0.4, -0.2) is 146 Å². The van der Waals surface area contributed by atoms with Crippen molar-refractivity contribution in [2.45, 2.75) is 248 Å². The number of carbonyl (C=O) groups excluding carboxylic acids is 2. The molecular formula is C76H109BrN2O14Si2. The maximum absolute atomic E-state index is 14.5. The molecule has 16 nitrogen and oxygen atoms in total. The summed E-state index contributed by atoms with van der Waals surface area (Å²) in [5.41, 5.74) is 3.50. The Balaban J connectivity index is 1.03. The van der Waals surface area contributed by atoms with E-state index >= 15 is 0 Å². The average molecular weight is 1410 g/mol. The zero-order valence-electron chi connectivity index (χ0n) is 59.1. The molecule has 0 aliphatic carbocycles. The van der Waals surface area contributed by atoms with Crippen molar-refractivity contribution >= 4 is 60.9 Å². The van der Waals surface area contributed by atoms with Crippen LogP contribution in [0.5, 0.6) is 0 Å². The molecule has 6 heterocycles. The molecule has 5 aliphatic heterocycles. The topological polar surface area (TPSA) is 185 Å². The number of benzene rings is 2. The van der Waals surface area contributed by atoms with Crippen molar-refractivity contribution in [3.8, 4) is 0 Å². The predicted octanol–water partition coefficient (Wildman–Crippen LogP) is 14.2. The SMILES string of the molecule is C=C1C[C@@H]2C[C@@H]3C[C@@H](O[Si](c4ccccc4)(c4ccccc4)C(C)(C)C)C[C@@H](O3)c3coc(n3)/C=C/C[C@H]3O[C@@H](/C(C)=C/C(CO)NC(=O)C[C@]4(OC)C[C@H](OC)C[C@H]([C@@H](/C=C(C)/C=C/[C@@H](C/C=C/Br)OC)O[Si](C)(C)C(C)(C)C)O4)[C@H](C)[C@@H](OC(=O)/C=C\C[C@@H](C1)O2)[C@@H]3C. The summed E-state index contributed by atoms with van der Waals surface area (Å²) in [6.45, 7) is 30.0. The first kappa shape index (κ1) is 76.0. The summed E-state index contributed by atoms with van der Waals surface area (Å²) in [5.74, 6) is -2.42. The smallest absolute Gasteiger partial charge is 0.330 e. The fourth-order valence-electron chi connectivity index (χ4n) is 14.2. The quantitative estimate of drug-likeness (QED) is 0.0444. The summed E-state index contributed by atoms with van der Waals surface area (Å²) in [5, 5.41) is 16.2. The standard InChI is InChI=1S/C76H109BrN2O14Si2/c1-50(35-36-56(83-12)27-25-37-77)40-68(93-94(15,16)74(6,7)8)67-45-61(84-13)46-76(85-14,91-67)47-69(81)78-55(48-80)41-52(3)72-54(5)73-53(4)65(89-72)32-24-33-70-79-64(49-86-70)66-44-60(43-59(88-66)42-58-39-51(2)38-57(87-58)26-23-34-71(82)90-73)92-95(75(9,10)11,62-28-19-17-20-29-62)63-30-21-18-22-31-63/h17-25,28-31,33-37,40-41,49,53-61,65-68,72-73,80H,2,26-27,32,38-39,42-48H2,1,3-16H3,(H,78,81)/b33-24+,34-23-,36-35+,37-25+,50-40+,52-41+/t53-,54+,55?,56-,57+,58-,59-,60-,61-,65-,66-,67-,68-,72+,73+,76+/m1/s1. The van der Waals surface area contributed by atoms with Gasteiger partial charge in [0.2, 0.25) is 11.8 Å². The molecule has 0 radical (unpaired) electrons. The van der Waals surface area contributed by atoms with Gasteiger partial charge in [0.1, 0.15) is 24.2 Å². The number of hydrogen-bond donors (Lipinski definition) is 2. The van der Waals surface area contributed by atoms with Crippen LogP contribution in [0.1, 0.15) is 158 Å². The summed E-state index contributed by atoms with van der Waals surface area (Å²) >= 11 is 3.36. The van der Waals surface area contributed by atoms with E-state index in [0.717, 1.165) is 16.7 Å². The summed E-state index contributed by atoms with van der Waals surface area (Å²) in [6, 6.07) is 20.7. The molecule has 0 saturated carbocycles. The minimum absolute atomic E-state index is 0.114. The van der Waals surface area contributed by atoms with Crippen molar-refractivity contribution in [2.24, 2.45) is 11.8 Å². The van der Waals surface area contributed by atoms with Gasteiger partial charge in [-0.3, -0.25) is 4.79 Å².